The molecule has 0 unspecified atom stereocenters. The fourth-order valence-corrected chi connectivity index (χ4v) is 1.64. The Bertz CT molecular complexity index is 546. The minimum absolute atomic E-state index is 0.269. The number of rotatable bonds is 4. The summed E-state index contributed by atoms with van der Waals surface area (Å²) in [6, 6.07) is 4.86. The Kier molecular flexibility index (Phi) is 3.08. The van der Waals surface area contributed by atoms with Crippen molar-refractivity contribution in [2.45, 2.75) is 26.8 Å². The van der Waals surface area contributed by atoms with Crippen LogP contribution in [0.4, 0.5) is 0 Å². The number of aromatic carboxylic acids is 1. The van der Waals surface area contributed by atoms with Crippen LogP contribution in [0.15, 0.2) is 18.2 Å². The first-order chi connectivity index (χ1) is 8.08. The second-order valence-electron chi connectivity index (χ2n) is 4.50. The molecule has 0 bridgehead atoms. The van der Waals surface area contributed by atoms with E-state index in [2.05, 4.69) is 24.2 Å². The van der Waals surface area contributed by atoms with Crippen LogP contribution in [0, 0.1) is 5.92 Å². The summed E-state index contributed by atoms with van der Waals surface area (Å²) in [5, 5.41) is 17.0. The highest BCUT2D eigenvalue weighted by Crippen LogP contribution is 2.15. The van der Waals surface area contributed by atoms with Gasteiger partial charge in [-0.1, -0.05) is 19.1 Å². The molecule has 90 valence electrons. The van der Waals surface area contributed by atoms with Gasteiger partial charge < -0.3 is 5.11 Å². The summed E-state index contributed by atoms with van der Waals surface area (Å²) >= 11 is 0. The minimum atomic E-state index is -0.927. The van der Waals surface area contributed by atoms with E-state index in [9.17, 15) is 4.79 Å². The van der Waals surface area contributed by atoms with E-state index in [-0.39, 0.29) is 5.56 Å². The van der Waals surface area contributed by atoms with Crippen LogP contribution in [-0.4, -0.2) is 26.1 Å². The SMILES string of the molecule is CC(C)CCn1nnc2ccc(C(=O)O)cc21. The zero-order chi connectivity index (χ0) is 12.4. The number of hydrogen-bond acceptors (Lipinski definition) is 3. The van der Waals surface area contributed by atoms with Crippen LogP contribution in [0.25, 0.3) is 11.0 Å². The first-order valence-electron chi connectivity index (χ1n) is 5.64. The number of benzene rings is 1. The van der Waals surface area contributed by atoms with Crippen LogP contribution in [0.5, 0.6) is 0 Å². The van der Waals surface area contributed by atoms with Gasteiger partial charge in [-0.3, -0.25) is 0 Å². The maximum absolute atomic E-state index is 10.9. The number of carboxylic acids is 1. The number of hydrogen-bond donors (Lipinski definition) is 1. The number of carboxylic acid groups (broad SMARTS) is 1. The second-order valence-corrected chi connectivity index (χ2v) is 4.50. The molecule has 0 atom stereocenters. The Morgan fingerprint density at radius 3 is 2.88 bits per heavy atom. The fraction of sp³-hybridized carbons (Fsp3) is 0.417. The number of aromatic nitrogens is 3. The van der Waals surface area contributed by atoms with Gasteiger partial charge in [-0.05, 0) is 30.5 Å². The first-order valence-corrected chi connectivity index (χ1v) is 5.64. The first kappa shape index (κ1) is 11.6. The molecule has 1 heterocycles. The van der Waals surface area contributed by atoms with E-state index in [0.717, 1.165) is 24.0 Å². The highest BCUT2D eigenvalue weighted by molar-refractivity contribution is 5.92. The molecular weight excluding hydrogens is 218 g/mol. The summed E-state index contributed by atoms with van der Waals surface area (Å²) in [5.74, 6) is -0.347. The third-order valence-corrected chi connectivity index (χ3v) is 2.68. The molecule has 0 saturated heterocycles. The molecule has 1 aromatic carbocycles. The standard InChI is InChI=1S/C12H15N3O2/c1-8(2)5-6-15-11-7-9(12(16)17)3-4-10(11)13-14-15/h3-4,7-8H,5-6H2,1-2H3,(H,16,17). The summed E-state index contributed by atoms with van der Waals surface area (Å²) in [6.45, 7) is 5.04. The quantitative estimate of drug-likeness (QED) is 0.878. The average Bonchev–Trinajstić information content (AvgIpc) is 2.68. The predicted octanol–water partition coefficient (Wildman–Crippen LogP) is 2.18. The van der Waals surface area contributed by atoms with Crippen molar-refractivity contribution < 1.29 is 9.90 Å². The van der Waals surface area contributed by atoms with E-state index in [1.807, 2.05) is 0 Å². The van der Waals surface area contributed by atoms with Crippen molar-refractivity contribution in [3.05, 3.63) is 23.8 Å². The van der Waals surface area contributed by atoms with Gasteiger partial charge in [0, 0.05) is 6.54 Å². The van der Waals surface area contributed by atoms with Crippen LogP contribution >= 0.6 is 0 Å². The van der Waals surface area contributed by atoms with E-state index in [4.69, 9.17) is 5.11 Å². The summed E-state index contributed by atoms with van der Waals surface area (Å²) in [7, 11) is 0. The summed E-state index contributed by atoms with van der Waals surface area (Å²) in [6.07, 6.45) is 0.996. The van der Waals surface area contributed by atoms with E-state index in [1.165, 1.54) is 0 Å². The zero-order valence-corrected chi connectivity index (χ0v) is 9.92. The molecule has 2 rings (SSSR count). The van der Waals surface area contributed by atoms with Gasteiger partial charge in [-0.2, -0.15) is 0 Å². The number of fused-ring (bicyclic) bond motifs is 1. The predicted molar refractivity (Wildman–Crippen MR) is 63.9 cm³/mol. The van der Waals surface area contributed by atoms with Gasteiger partial charge in [0.15, 0.2) is 0 Å². The highest BCUT2D eigenvalue weighted by atomic mass is 16.4. The number of aryl methyl sites for hydroxylation is 1. The molecule has 0 spiro atoms. The molecule has 2 aromatic rings. The van der Waals surface area contributed by atoms with Crippen molar-refractivity contribution in [1.29, 1.82) is 0 Å². The maximum atomic E-state index is 10.9. The molecule has 0 aliphatic rings. The molecule has 0 aliphatic carbocycles. The monoisotopic (exact) mass is 233 g/mol. The molecule has 0 saturated carbocycles. The van der Waals surface area contributed by atoms with Gasteiger partial charge in [0.2, 0.25) is 0 Å². The van der Waals surface area contributed by atoms with Gasteiger partial charge in [0.05, 0.1) is 11.1 Å². The van der Waals surface area contributed by atoms with Gasteiger partial charge in [-0.25, -0.2) is 9.48 Å². The second kappa shape index (κ2) is 4.53. The Hall–Kier alpha value is -1.91. The molecule has 5 heteroatoms. The third kappa shape index (κ3) is 2.43. The van der Waals surface area contributed by atoms with E-state index in [0.29, 0.717) is 5.92 Å². The van der Waals surface area contributed by atoms with Crippen molar-refractivity contribution in [3.63, 3.8) is 0 Å². The third-order valence-electron chi connectivity index (χ3n) is 2.68. The molecule has 1 aromatic heterocycles. The number of carbonyl (C=O) groups is 1. The van der Waals surface area contributed by atoms with E-state index in [1.54, 1.807) is 22.9 Å². The van der Waals surface area contributed by atoms with Gasteiger partial charge in [0.1, 0.15) is 5.52 Å². The van der Waals surface area contributed by atoms with Gasteiger partial charge in [0.25, 0.3) is 0 Å². The lowest BCUT2D eigenvalue weighted by Gasteiger charge is -2.05. The lowest BCUT2D eigenvalue weighted by atomic mass is 10.1. The molecule has 5 nitrogen and oxygen atoms in total. The number of nitrogens with zero attached hydrogens (tertiary/aromatic N) is 3. The molecule has 0 radical (unpaired) electrons. The molecule has 1 N–H and O–H groups in total. The average molecular weight is 233 g/mol. The lowest BCUT2D eigenvalue weighted by Crippen LogP contribution is -2.04. The molecule has 0 fully saturated rings. The molecule has 17 heavy (non-hydrogen) atoms. The van der Waals surface area contributed by atoms with Crippen molar-refractivity contribution in [3.8, 4) is 0 Å². The van der Waals surface area contributed by atoms with Gasteiger partial charge >= 0.3 is 5.97 Å². The summed E-state index contributed by atoms with van der Waals surface area (Å²) < 4.78 is 1.77. The topological polar surface area (TPSA) is 68.0 Å². The highest BCUT2D eigenvalue weighted by Gasteiger charge is 2.09. The van der Waals surface area contributed by atoms with Crippen LogP contribution in [0.2, 0.25) is 0 Å². The van der Waals surface area contributed by atoms with Crippen molar-refractivity contribution >= 4 is 17.0 Å². The molecule has 0 amide bonds. The van der Waals surface area contributed by atoms with Crippen molar-refractivity contribution in [2.24, 2.45) is 5.92 Å². The van der Waals surface area contributed by atoms with Crippen LogP contribution in [0.3, 0.4) is 0 Å². The normalized spacial score (nSPS) is 11.2. The molecular formula is C12H15N3O2. The largest absolute Gasteiger partial charge is 0.478 e. The Morgan fingerprint density at radius 1 is 1.47 bits per heavy atom. The van der Waals surface area contributed by atoms with Crippen molar-refractivity contribution in [1.82, 2.24) is 15.0 Å². The molecule has 0 aliphatic heterocycles. The Morgan fingerprint density at radius 2 is 2.24 bits per heavy atom. The summed E-state index contributed by atoms with van der Waals surface area (Å²) in [4.78, 5) is 10.9. The maximum Gasteiger partial charge on any atom is 0.335 e. The van der Waals surface area contributed by atoms with Crippen molar-refractivity contribution in [2.75, 3.05) is 0 Å². The van der Waals surface area contributed by atoms with E-state index < -0.39 is 5.97 Å². The van der Waals surface area contributed by atoms with Crippen LogP contribution < -0.4 is 0 Å². The van der Waals surface area contributed by atoms with E-state index >= 15 is 0 Å². The Balaban J connectivity index is 2.36. The smallest absolute Gasteiger partial charge is 0.335 e. The van der Waals surface area contributed by atoms with Crippen LogP contribution in [-0.2, 0) is 6.54 Å². The summed E-state index contributed by atoms with van der Waals surface area (Å²) in [5.41, 5.74) is 1.79. The lowest BCUT2D eigenvalue weighted by molar-refractivity contribution is 0.0697. The van der Waals surface area contributed by atoms with Crippen LogP contribution in [0.1, 0.15) is 30.6 Å². The van der Waals surface area contributed by atoms with Gasteiger partial charge in [-0.15, -0.1) is 5.10 Å². The Labute approximate surface area is 99.1 Å². The fourth-order valence-electron chi connectivity index (χ4n) is 1.64. The minimum Gasteiger partial charge on any atom is -0.478 e. The zero-order valence-electron chi connectivity index (χ0n) is 9.92.